The van der Waals surface area contributed by atoms with Crippen LogP contribution in [0.5, 0.6) is 0 Å². The minimum Gasteiger partial charge on any atom is -0.363 e. The zero-order valence-corrected chi connectivity index (χ0v) is 29.9. The molecule has 2 unspecified atom stereocenters. The molecule has 45 heavy (non-hydrogen) atoms. The van der Waals surface area contributed by atoms with Crippen molar-refractivity contribution < 1.29 is 32.4 Å². The standard InChI is InChI=1S/C32H57N5O7S/c1-18(2)22(17-45(43,44)31(7,8)9)35-29(42)36-25(30(4,5)6)28(41)37-16-19(3)32(10,11)15-23(37)27(40)34-21(14-20-12-13-20)24(38)26(33)39/h18-23,25H,12-17H2,1-11H3,(H2,33,39)(H,34,40)(H2,35,36,42)/t19?,21?,22-,23+,25-/m1/s1. The molecule has 0 spiro atoms. The molecule has 0 aromatic heterocycles. The molecule has 0 bridgehead atoms. The molecular formula is C32H57N5O7S. The second-order valence-electron chi connectivity index (χ2n) is 16.2. The van der Waals surface area contributed by atoms with E-state index in [1.165, 1.54) is 4.90 Å². The molecule has 13 heteroatoms. The monoisotopic (exact) mass is 655 g/mol. The van der Waals surface area contributed by atoms with Crippen LogP contribution in [-0.2, 0) is 29.0 Å². The molecule has 2 rings (SSSR count). The van der Waals surface area contributed by atoms with Crippen LogP contribution in [0, 0.1) is 28.6 Å². The molecule has 1 aliphatic heterocycles. The molecule has 0 aromatic carbocycles. The molecule has 2 aliphatic rings. The highest BCUT2D eigenvalue weighted by Crippen LogP contribution is 2.40. The third kappa shape index (κ3) is 10.1. The van der Waals surface area contributed by atoms with E-state index in [0.717, 1.165) is 12.8 Å². The summed E-state index contributed by atoms with van der Waals surface area (Å²) >= 11 is 0. The van der Waals surface area contributed by atoms with Gasteiger partial charge in [0.1, 0.15) is 12.1 Å². The lowest BCUT2D eigenvalue weighted by molar-refractivity contribution is -0.151. The number of primary amides is 1. The molecular weight excluding hydrogens is 598 g/mol. The van der Waals surface area contributed by atoms with E-state index in [1.54, 1.807) is 41.5 Å². The van der Waals surface area contributed by atoms with Crippen LogP contribution in [0.3, 0.4) is 0 Å². The first-order chi connectivity index (χ1) is 20.3. The van der Waals surface area contributed by atoms with Gasteiger partial charge in [0.25, 0.3) is 5.91 Å². The number of urea groups is 1. The van der Waals surface area contributed by atoms with E-state index in [0.29, 0.717) is 12.8 Å². The summed E-state index contributed by atoms with van der Waals surface area (Å²) in [6, 6.07) is -4.48. The van der Waals surface area contributed by atoms with Gasteiger partial charge in [0.15, 0.2) is 9.84 Å². The van der Waals surface area contributed by atoms with Gasteiger partial charge >= 0.3 is 6.03 Å². The predicted octanol–water partition coefficient (Wildman–Crippen LogP) is 2.54. The number of Topliss-reactive ketones (excluding diaryl/α,β-unsaturated/α-hetero) is 1. The molecule has 0 radical (unpaired) electrons. The Morgan fingerprint density at radius 2 is 1.51 bits per heavy atom. The van der Waals surface area contributed by atoms with Crippen LogP contribution >= 0.6 is 0 Å². The van der Waals surface area contributed by atoms with Gasteiger partial charge < -0.3 is 26.6 Å². The fourth-order valence-corrected chi connectivity index (χ4v) is 6.80. The molecule has 5 atom stereocenters. The molecule has 2 fully saturated rings. The normalized spacial score (nSPS) is 22.6. The first-order valence-electron chi connectivity index (χ1n) is 16.0. The van der Waals surface area contributed by atoms with Gasteiger partial charge in [0.05, 0.1) is 16.5 Å². The van der Waals surface area contributed by atoms with Crippen LogP contribution in [0.4, 0.5) is 4.79 Å². The SMILES string of the molecule is CC(C)[C@@H](CS(=O)(=O)C(C)(C)C)NC(=O)N[C@H](C(=O)N1CC(C)C(C)(C)C[C@H]1C(=O)NC(CC1CC1)C(=O)C(N)=O)C(C)(C)C. The van der Waals surface area contributed by atoms with Gasteiger partial charge in [-0.25, -0.2) is 13.2 Å². The van der Waals surface area contributed by atoms with E-state index in [1.807, 2.05) is 34.6 Å². The Kier molecular flexibility index (Phi) is 11.9. The van der Waals surface area contributed by atoms with E-state index < -0.39 is 73.7 Å². The zero-order chi connectivity index (χ0) is 34.9. The molecule has 1 saturated heterocycles. The zero-order valence-electron chi connectivity index (χ0n) is 29.1. The van der Waals surface area contributed by atoms with Gasteiger partial charge in [0.2, 0.25) is 17.6 Å². The second-order valence-corrected chi connectivity index (χ2v) is 19.0. The van der Waals surface area contributed by atoms with Gasteiger partial charge in [-0.05, 0) is 62.2 Å². The minimum absolute atomic E-state index is 0.00221. The number of likely N-dealkylation sites (tertiary alicyclic amines) is 1. The van der Waals surface area contributed by atoms with Crippen molar-refractivity contribution in [3.8, 4) is 0 Å². The summed E-state index contributed by atoms with van der Waals surface area (Å²) in [6.45, 7) is 20.1. The number of amides is 5. The maximum Gasteiger partial charge on any atom is 0.315 e. The first-order valence-corrected chi connectivity index (χ1v) is 17.7. The summed E-state index contributed by atoms with van der Waals surface area (Å²) in [5, 5.41) is 8.29. The number of rotatable bonds is 12. The molecule has 258 valence electrons. The third-order valence-corrected chi connectivity index (χ3v) is 12.1. The Bertz CT molecular complexity index is 1250. The van der Waals surface area contributed by atoms with Gasteiger partial charge in [-0.15, -0.1) is 0 Å². The summed E-state index contributed by atoms with van der Waals surface area (Å²) in [5.41, 5.74) is 4.17. The van der Waals surface area contributed by atoms with Gasteiger partial charge in [0, 0.05) is 12.6 Å². The largest absolute Gasteiger partial charge is 0.363 e. The Hall–Kier alpha value is -2.70. The molecule has 1 aliphatic carbocycles. The maximum atomic E-state index is 14.3. The van der Waals surface area contributed by atoms with Crippen LogP contribution in [0.25, 0.3) is 0 Å². The summed E-state index contributed by atoms with van der Waals surface area (Å²) in [7, 11) is -3.55. The third-order valence-electron chi connectivity index (χ3n) is 9.47. The Morgan fingerprint density at radius 1 is 0.956 bits per heavy atom. The number of hydrogen-bond donors (Lipinski definition) is 4. The number of sulfone groups is 1. The maximum absolute atomic E-state index is 14.3. The van der Waals surface area contributed by atoms with Crippen molar-refractivity contribution in [3.63, 3.8) is 0 Å². The average Bonchev–Trinajstić information content (AvgIpc) is 3.69. The summed E-state index contributed by atoms with van der Waals surface area (Å²) in [5.74, 6) is -3.25. The summed E-state index contributed by atoms with van der Waals surface area (Å²) < 4.78 is 24.9. The molecule has 1 heterocycles. The number of carbonyl (C=O) groups excluding carboxylic acids is 5. The quantitative estimate of drug-likeness (QED) is 0.233. The predicted molar refractivity (Wildman–Crippen MR) is 174 cm³/mol. The summed E-state index contributed by atoms with van der Waals surface area (Å²) in [4.78, 5) is 67.3. The smallest absolute Gasteiger partial charge is 0.315 e. The number of nitrogens with zero attached hydrogens (tertiary/aromatic N) is 1. The highest BCUT2D eigenvalue weighted by molar-refractivity contribution is 7.92. The fraction of sp³-hybridized carbons (Fsp3) is 0.844. The highest BCUT2D eigenvalue weighted by atomic mass is 32.2. The van der Waals surface area contributed by atoms with Gasteiger partial charge in [-0.2, -0.15) is 0 Å². The van der Waals surface area contributed by atoms with Crippen molar-refractivity contribution in [2.45, 2.75) is 131 Å². The Morgan fingerprint density at radius 3 is 1.96 bits per heavy atom. The highest BCUT2D eigenvalue weighted by Gasteiger charge is 2.48. The first kappa shape index (κ1) is 38.5. The van der Waals surface area contributed by atoms with E-state index in [2.05, 4.69) is 16.0 Å². The van der Waals surface area contributed by atoms with Gasteiger partial charge in [-0.1, -0.05) is 68.2 Å². The van der Waals surface area contributed by atoms with E-state index in [-0.39, 0.29) is 35.5 Å². The number of nitrogens with two attached hydrogens (primary N) is 1. The van der Waals surface area contributed by atoms with Crippen molar-refractivity contribution >= 4 is 39.4 Å². The van der Waals surface area contributed by atoms with Crippen molar-refractivity contribution in [1.29, 1.82) is 0 Å². The molecule has 0 aromatic rings. The lowest BCUT2D eigenvalue weighted by Gasteiger charge is -2.48. The topological polar surface area (TPSA) is 185 Å². The van der Waals surface area contributed by atoms with Crippen LogP contribution in [0.2, 0.25) is 0 Å². The van der Waals surface area contributed by atoms with Crippen LogP contribution < -0.4 is 21.7 Å². The number of carbonyl (C=O) groups is 5. The number of hydrogen-bond acceptors (Lipinski definition) is 7. The van der Waals surface area contributed by atoms with Crippen molar-refractivity contribution in [1.82, 2.24) is 20.9 Å². The summed E-state index contributed by atoms with van der Waals surface area (Å²) in [6.07, 6.45) is 2.41. The average molecular weight is 656 g/mol. The second kappa shape index (κ2) is 14.0. The van der Waals surface area contributed by atoms with E-state index in [9.17, 15) is 32.4 Å². The molecule has 5 amide bonds. The molecule has 5 N–H and O–H groups in total. The fourth-order valence-electron chi connectivity index (χ4n) is 5.36. The number of piperidine rings is 1. The van der Waals surface area contributed by atoms with E-state index >= 15 is 0 Å². The number of nitrogens with one attached hydrogen (secondary N) is 3. The lowest BCUT2D eigenvalue weighted by atomic mass is 9.71. The number of ketones is 1. The van der Waals surface area contributed by atoms with Gasteiger partial charge in [-0.3, -0.25) is 19.2 Å². The van der Waals surface area contributed by atoms with Crippen molar-refractivity contribution in [2.75, 3.05) is 12.3 Å². The minimum atomic E-state index is -3.55. The van der Waals surface area contributed by atoms with Crippen LogP contribution in [0.1, 0.15) is 102 Å². The van der Waals surface area contributed by atoms with Crippen LogP contribution in [-0.4, -0.2) is 84.1 Å². The van der Waals surface area contributed by atoms with E-state index in [4.69, 9.17) is 5.73 Å². The lowest BCUT2D eigenvalue weighted by Crippen LogP contribution is -2.65. The van der Waals surface area contributed by atoms with Crippen LogP contribution in [0.15, 0.2) is 0 Å². The van der Waals surface area contributed by atoms with Crippen molar-refractivity contribution in [2.24, 2.45) is 34.3 Å². The van der Waals surface area contributed by atoms with Crippen molar-refractivity contribution in [3.05, 3.63) is 0 Å². The molecule has 12 nitrogen and oxygen atoms in total. The Labute approximate surface area is 269 Å². The molecule has 1 saturated carbocycles. The Balaban J connectivity index is 2.36.